The first-order valence-corrected chi connectivity index (χ1v) is 6.33. The van der Waals surface area contributed by atoms with Gasteiger partial charge < -0.3 is 10.4 Å². The Kier molecular flexibility index (Phi) is 3.09. The van der Waals surface area contributed by atoms with Crippen molar-refractivity contribution >= 4 is 17.7 Å². The minimum Gasteiger partial charge on any atom is -0.478 e. The first-order valence-electron chi connectivity index (χ1n) is 6.33. The number of anilines is 1. The van der Waals surface area contributed by atoms with E-state index in [4.69, 9.17) is 0 Å². The fourth-order valence-electron chi connectivity index (χ4n) is 2.36. The lowest BCUT2D eigenvalue weighted by molar-refractivity contribution is 0.0697. The molecule has 0 amide bonds. The molecule has 0 atom stereocenters. The SMILES string of the molecule is O=C(O)c1ccccc1-c1cccc2c1C=CC=CN2. The molecule has 1 heterocycles. The number of rotatable bonds is 2. The molecule has 0 spiro atoms. The van der Waals surface area contributed by atoms with Gasteiger partial charge in [0.25, 0.3) is 0 Å². The van der Waals surface area contributed by atoms with E-state index in [9.17, 15) is 9.90 Å². The molecule has 2 aromatic rings. The van der Waals surface area contributed by atoms with Gasteiger partial charge in [0.05, 0.1) is 5.56 Å². The van der Waals surface area contributed by atoms with Gasteiger partial charge in [-0.1, -0.05) is 42.5 Å². The van der Waals surface area contributed by atoms with Crippen LogP contribution in [0.1, 0.15) is 15.9 Å². The molecule has 0 saturated heterocycles. The molecule has 1 aliphatic heterocycles. The van der Waals surface area contributed by atoms with E-state index in [-0.39, 0.29) is 0 Å². The van der Waals surface area contributed by atoms with Crippen LogP contribution in [0.2, 0.25) is 0 Å². The van der Waals surface area contributed by atoms with E-state index in [1.165, 1.54) is 0 Å². The van der Waals surface area contributed by atoms with Crippen molar-refractivity contribution in [3.05, 3.63) is 71.9 Å². The number of carboxylic acid groups (broad SMARTS) is 1. The lowest BCUT2D eigenvalue weighted by atomic mass is 9.94. The van der Waals surface area contributed by atoms with Crippen LogP contribution in [-0.2, 0) is 0 Å². The Hall–Kier alpha value is -2.81. The Bertz CT molecular complexity index is 730. The average Bonchev–Trinajstić information content (AvgIpc) is 2.72. The van der Waals surface area contributed by atoms with E-state index in [2.05, 4.69) is 5.32 Å². The molecule has 0 aromatic heterocycles. The molecule has 20 heavy (non-hydrogen) atoms. The maximum atomic E-state index is 11.4. The van der Waals surface area contributed by atoms with Gasteiger partial charge in [0, 0.05) is 17.5 Å². The molecule has 1 aliphatic rings. The molecule has 0 aliphatic carbocycles. The highest BCUT2D eigenvalue weighted by atomic mass is 16.4. The van der Waals surface area contributed by atoms with E-state index < -0.39 is 5.97 Å². The van der Waals surface area contributed by atoms with Crippen LogP contribution in [0.5, 0.6) is 0 Å². The number of hydrogen-bond donors (Lipinski definition) is 2. The van der Waals surface area contributed by atoms with Gasteiger partial charge in [-0.15, -0.1) is 0 Å². The van der Waals surface area contributed by atoms with E-state index in [1.54, 1.807) is 12.1 Å². The summed E-state index contributed by atoms with van der Waals surface area (Å²) in [4.78, 5) is 11.4. The largest absolute Gasteiger partial charge is 0.478 e. The van der Waals surface area contributed by atoms with Crippen LogP contribution < -0.4 is 5.32 Å². The molecule has 2 N–H and O–H groups in total. The van der Waals surface area contributed by atoms with Gasteiger partial charge in [-0.05, 0) is 29.3 Å². The first-order chi connectivity index (χ1) is 9.77. The fraction of sp³-hybridized carbons (Fsp3) is 0. The number of fused-ring (bicyclic) bond motifs is 1. The topological polar surface area (TPSA) is 49.3 Å². The fourth-order valence-corrected chi connectivity index (χ4v) is 2.36. The standard InChI is InChI=1S/C17H13NO2/c19-17(20)15-8-2-1-6-13(15)12-9-5-10-16-14(12)7-3-4-11-18-16/h1-11,18H,(H,19,20). The van der Waals surface area contributed by atoms with Gasteiger partial charge in [0.1, 0.15) is 0 Å². The number of hydrogen-bond acceptors (Lipinski definition) is 2. The summed E-state index contributed by atoms with van der Waals surface area (Å²) in [5, 5.41) is 12.5. The van der Waals surface area contributed by atoms with Crippen molar-refractivity contribution in [2.45, 2.75) is 0 Å². The molecule has 3 heteroatoms. The number of carboxylic acids is 1. The number of nitrogens with one attached hydrogen (secondary N) is 1. The highest BCUT2D eigenvalue weighted by Gasteiger charge is 2.14. The van der Waals surface area contributed by atoms with Gasteiger partial charge in [0.15, 0.2) is 0 Å². The van der Waals surface area contributed by atoms with E-state index >= 15 is 0 Å². The third-order valence-electron chi connectivity index (χ3n) is 3.26. The summed E-state index contributed by atoms with van der Waals surface area (Å²) in [6, 6.07) is 12.9. The van der Waals surface area contributed by atoms with Crippen molar-refractivity contribution in [3.63, 3.8) is 0 Å². The predicted molar refractivity (Wildman–Crippen MR) is 80.6 cm³/mol. The maximum absolute atomic E-state index is 11.4. The number of carbonyl (C=O) groups is 1. The highest BCUT2D eigenvalue weighted by molar-refractivity contribution is 5.98. The summed E-state index contributed by atoms with van der Waals surface area (Å²) in [7, 11) is 0. The second kappa shape index (κ2) is 5.05. The molecule has 98 valence electrons. The van der Waals surface area contributed by atoms with Gasteiger partial charge in [-0.3, -0.25) is 0 Å². The number of benzene rings is 2. The van der Waals surface area contributed by atoms with E-state index in [1.807, 2.05) is 54.8 Å². The molecule has 2 aromatic carbocycles. The van der Waals surface area contributed by atoms with Crippen molar-refractivity contribution in [3.8, 4) is 11.1 Å². The minimum atomic E-state index is -0.915. The lowest BCUT2D eigenvalue weighted by Crippen LogP contribution is -2.00. The molecule has 0 unspecified atom stereocenters. The van der Waals surface area contributed by atoms with Gasteiger partial charge in [0.2, 0.25) is 0 Å². The summed E-state index contributed by atoms with van der Waals surface area (Å²) in [6.45, 7) is 0. The quantitative estimate of drug-likeness (QED) is 0.860. The Morgan fingerprint density at radius 3 is 2.60 bits per heavy atom. The second-order valence-electron chi connectivity index (χ2n) is 4.48. The van der Waals surface area contributed by atoms with Crippen molar-refractivity contribution in [2.24, 2.45) is 0 Å². The molecular formula is C17H13NO2. The van der Waals surface area contributed by atoms with Crippen LogP contribution in [0.3, 0.4) is 0 Å². The van der Waals surface area contributed by atoms with Crippen LogP contribution in [0, 0.1) is 0 Å². The highest BCUT2D eigenvalue weighted by Crippen LogP contribution is 2.33. The molecule has 0 saturated carbocycles. The minimum absolute atomic E-state index is 0.312. The Balaban J connectivity index is 2.24. The normalized spacial score (nSPS) is 12.4. The molecule has 0 bridgehead atoms. The van der Waals surface area contributed by atoms with Crippen molar-refractivity contribution in [1.82, 2.24) is 0 Å². The second-order valence-corrected chi connectivity index (χ2v) is 4.48. The monoisotopic (exact) mass is 263 g/mol. The Morgan fingerprint density at radius 1 is 0.950 bits per heavy atom. The zero-order valence-electron chi connectivity index (χ0n) is 10.7. The predicted octanol–water partition coefficient (Wildman–Crippen LogP) is 4.00. The van der Waals surface area contributed by atoms with Crippen molar-refractivity contribution in [1.29, 1.82) is 0 Å². The third-order valence-corrected chi connectivity index (χ3v) is 3.26. The first kappa shape index (κ1) is 12.2. The van der Waals surface area contributed by atoms with Crippen molar-refractivity contribution in [2.75, 3.05) is 5.32 Å². The maximum Gasteiger partial charge on any atom is 0.336 e. The average molecular weight is 263 g/mol. The van der Waals surface area contributed by atoms with E-state index in [0.29, 0.717) is 5.56 Å². The van der Waals surface area contributed by atoms with Gasteiger partial charge >= 0.3 is 5.97 Å². The van der Waals surface area contributed by atoms with Crippen LogP contribution in [0.25, 0.3) is 17.2 Å². The summed E-state index contributed by atoms with van der Waals surface area (Å²) in [5.74, 6) is -0.915. The molecule has 3 nitrogen and oxygen atoms in total. The molecule has 3 rings (SSSR count). The number of allylic oxidation sites excluding steroid dienone is 2. The summed E-state index contributed by atoms with van der Waals surface area (Å²) in [5.41, 5.74) is 3.91. The molecule has 0 fully saturated rings. The van der Waals surface area contributed by atoms with Gasteiger partial charge in [-0.25, -0.2) is 4.79 Å². The summed E-state index contributed by atoms with van der Waals surface area (Å²) < 4.78 is 0. The zero-order valence-corrected chi connectivity index (χ0v) is 10.7. The third kappa shape index (κ3) is 2.10. The zero-order chi connectivity index (χ0) is 13.9. The Labute approximate surface area is 116 Å². The van der Waals surface area contributed by atoms with Crippen LogP contribution >= 0.6 is 0 Å². The van der Waals surface area contributed by atoms with E-state index in [0.717, 1.165) is 22.4 Å². The smallest absolute Gasteiger partial charge is 0.336 e. The Morgan fingerprint density at radius 2 is 1.75 bits per heavy atom. The van der Waals surface area contributed by atoms with Crippen molar-refractivity contribution < 1.29 is 9.90 Å². The number of aromatic carboxylic acids is 1. The van der Waals surface area contributed by atoms with Crippen LogP contribution in [0.4, 0.5) is 5.69 Å². The van der Waals surface area contributed by atoms with Gasteiger partial charge in [-0.2, -0.15) is 0 Å². The van der Waals surface area contributed by atoms with Crippen LogP contribution in [-0.4, -0.2) is 11.1 Å². The molecular weight excluding hydrogens is 250 g/mol. The lowest BCUT2D eigenvalue weighted by Gasteiger charge is -2.13. The molecule has 0 radical (unpaired) electrons. The summed E-state index contributed by atoms with van der Waals surface area (Å²) in [6.07, 6.45) is 7.69. The van der Waals surface area contributed by atoms with Crippen LogP contribution in [0.15, 0.2) is 60.8 Å². The summed E-state index contributed by atoms with van der Waals surface area (Å²) >= 11 is 0.